The molecule has 5 nitrogen and oxygen atoms in total. The average Bonchev–Trinajstić information content (AvgIpc) is 2.07. The number of phenolic OH excluding ortho intramolecular Hbond substituents is 2. The van der Waals surface area contributed by atoms with E-state index >= 15 is 0 Å². The number of nitrogens with zero attached hydrogens (tertiary/aromatic N) is 1. The van der Waals surface area contributed by atoms with Crippen molar-refractivity contribution in [3.63, 3.8) is 0 Å². The van der Waals surface area contributed by atoms with Gasteiger partial charge in [-0.3, -0.25) is 10.1 Å². The molecular weight excluding hydrogens is 174 g/mol. The molecule has 13 heavy (non-hydrogen) atoms. The molecule has 0 radical (unpaired) electrons. The number of rotatable bonds is 1. The van der Waals surface area contributed by atoms with Crippen molar-refractivity contribution >= 4 is 5.69 Å². The first-order chi connectivity index (χ1) is 5.95. The second kappa shape index (κ2) is 2.93. The van der Waals surface area contributed by atoms with Crippen LogP contribution in [0.5, 0.6) is 11.5 Å². The molecule has 0 aliphatic carbocycles. The van der Waals surface area contributed by atoms with Crippen LogP contribution < -0.4 is 0 Å². The van der Waals surface area contributed by atoms with Crippen molar-refractivity contribution in [3.8, 4) is 11.5 Å². The lowest BCUT2D eigenvalue weighted by atomic mass is 10.1. The topological polar surface area (TPSA) is 83.6 Å². The molecule has 0 aromatic heterocycles. The molecular formula is C8H9NO4. The summed E-state index contributed by atoms with van der Waals surface area (Å²) in [5, 5.41) is 29.0. The van der Waals surface area contributed by atoms with Crippen molar-refractivity contribution in [2.45, 2.75) is 13.8 Å². The Hall–Kier alpha value is -1.78. The molecule has 1 aromatic carbocycles. The van der Waals surface area contributed by atoms with Crippen LogP contribution in [0, 0.1) is 24.0 Å². The summed E-state index contributed by atoms with van der Waals surface area (Å²) in [6.07, 6.45) is 0. The quantitative estimate of drug-likeness (QED) is 0.511. The van der Waals surface area contributed by atoms with Gasteiger partial charge in [-0.2, -0.15) is 0 Å². The summed E-state index contributed by atoms with van der Waals surface area (Å²) in [7, 11) is 0. The van der Waals surface area contributed by atoms with Gasteiger partial charge in [-0.15, -0.1) is 0 Å². The fourth-order valence-electron chi connectivity index (χ4n) is 1.08. The minimum atomic E-state index is -0.686. The van der Waals surface area contributed by atoms with Gasteiger partial charge in [0.25, 0.3) is 0 Å². The fourth-order valence-corrected chi connectivity index (χ4v) is 1.08. The van der Waals surface area contributed by atoms with Crippen LogP contribution in [0.2, 0.25) is 0 Å². The van der Waals surface area contributed by atoms with Gasteiger partial charge in [0.15, 0.2) is 0 Å². The second-order valence-electron chi connectivity index (χ2n) is 2.79. The van der Waals surface area contributed by atoms with E-state index in [1.165, 1.54) is 13.8 Å². The zero-order valence-corrected chi connectivity index (χ0v) is 7.24. The Morgan fingerprint density at radius 1 is 1.31 bits per heavy atom. The number of phenols is 2. The van der Waals surface area contributed by atoms with Crippen LogP contribution in [-0.4, -0.2) is 15.1 Å². The number of hydrogen-bond acceptors (Lipinski definition) is 4. The predicted octanol–water partition coefficient (Wildman–Crippen LogP) is 1.62. The Morgan fingerprint density at radius 2 is 1.85 bits per heavy atom. The lowest BCUT2D eigenvalue weighted by Gasteiger charge is -2.05. The highest BCUT2D eigenvalue weighted by atomic mass is 16.6. The van der Waals surface area contributed by atoms with E-state index in [0.29, 0.717) is 5.56 Å². The van der Waals surface area contributed by atoms with E-state index in [-0.39, 0.29) is 17.0 Å². The number of nitro groups is 1. The summed E-state index contributed by atoms with van der Waals surface area (Å²) in [6.45, 7) is 2.96. The Kier molecular flexibility index (Phi) is 2.10. The van der Waals surface area contributed by atoms with E-state index in [9.17, 15) is 20.3 Å². The van der Waals surface area contributed by atoms with E-state index in [4.69, 9.17) is 0 Å². The molecule has 0 atom stereocenters. The lowest BCUT2D eigenvalue weighted by Crippen LogP contribution is -1.92. The van der Waals surface area contributed by atoms with Gasteiger partial charge < -0.3 is 10.2 Å². The van der Waals surface area contributed by atoms with Crippen molar-refractivity contribution in [1.29, 1.82) is 0 Å². The number of aryl methyl sites for hydroxylation is 1. The summed E-state index contributed by atoms with van der Waals surface area (Å²) in [5.41, 5.74) is 0.126. The highest BCUT2D eigenvalue weighted by Gasteiger charge is 2.19. The lowest BCUT2D eigenvalue weighted by molar-refractivity contribution is -0.386. The van der Waals surface area contributed by atoms with Crippen molar-refractivity contribution < 1.29 is 15.1 Å². The Labute approximate surface area is 74.4 Å². The third-order valence-electron chi connectivity index (χ3n) is 1.88. The molecule has 1 aromatic rings. The van der Waals surface area contributed by atoms with Gasteiger partial charge in [0, 0.05) is 11.6 Å². The Morgan fingerprint density at radius 3 is 2.31 bits per heavy atom. The smallest absolute Gasteiger partial charge is 0.311 e. The third kappa shape index (κ3) is 1.40. The van der Waals surface area contributed by atoms with Crippen molar-refractivity contribution in [2.24, 2.45) is 0 Å². The van der Waals surface area contributed by atoms with E-state index in [1.807, 2.05) is 0 Å². The van der Waals surface area contributed by atoms with Crippen LogP contribution in [-0.2, 0) is 0 Å². The first-order valence-electron chi connectivity index (χ1n) is 3.61. The fraction of sp³-hybridized carbons (Fsp3) is 0.250. The van der Waals surface area contributed by atoms with Crippen molar-refractivity contribution in [1.82, 2.24) is 0 Å². The van der Waals surface area contributed by atoms with Crippen LogP contribution in [0.15, 0.2) is 6.07 Å². The van der Waals surface area contributed by atoms with Crippen LogP contribution >= 0.6 is 0 Å². The number of benzene rings is 1. The second-order valence-corrected chi connectivity index (χ2v) is 2.79. The number of aromatic hydroxyl groups is 2. The number of hydrogen-bond donors (Lipinski definition) is 2. The van der Waals surface area contributed by atoms with Crippen LogP contribution in [0.4, 0.5) is 5.69 Å². The van der Waals surface area contributed by atoms with Gasteiger partial charge in [-0.25, -0.2) is 0 Å². The Bertz CT molecular complexity index is 373. The third-order valence-corrected chi connectivity index (χ3v) is 1.88. The summed E-state index contributed by atoms with van der Waals surface area (Å²) in [5.74, 6) is -0.587. The molecule has 0 spiro atoms. The molecule has 0 bridgehead atoms. The van der Waals surface area contributed by atoms with Gasteiger partial charge >= 0.3 is 5.69 Å². The highest BCUT2D eigenvalue weighted by molar-refractivity contribution is 5.59. The van der Waals surface area contributed by atoms with Gasteiger partial charge in [0.1, 0.15) is 5.75 Å². The molecule has 2 N–H and O–H groups in total. The molecule has 0 saturated heterocycles. The maximum atomic E-state index is 10.4. The highest BCUT2D eigenvalue weighted by Crippen LogP contribution is 2.37. The molecule has 5 heteroatoms. The maximum absolute atomic E-state index is 10.4. The Balaban J connectivity index is 3.50. The summed E-state index contributed by atoms with van der Waals surface area (Å²) in [6, 6.07) is 1.14. The minimum Gasteiger partial charge on any atom is -0.507 e. The molecule has 0 amide bonds. The summed E-state index contributed by atoms with van der Waals surface area (Å²) in [4.78, 5) is 9.72. The number of nitro benzene ring substituents is 1. The van der Waals surface area contributed by atoms with Gasteiger partial charge in [-0.05, 0) is 19.4 Å². The molecule has 70 valence electrons. The largest absolute Gasteiger partial charge is 0.507 e. The first kappa shape index (κ1) is 9.31. The standard InChI is InChI=1S/C8H9NO4/c1-4-3-6(9(12)13)8(11)5(2)7(4)10/h3,10-11H,1-2H3. The summed E-state index contributed by atoms with van der Waals surface area (Å²) >= 11 is 0. The molecule has 0 fully saturated rings. The van der Waals surface area contributed by atoms with E-state index in [2.05, 4.69) is 0 Å². The SMILES string of the molecule is Cc1cc([N+](=O)[O-])c(O)c(C)c1O. The molecule has 0 heterocycles. The zero-order valence-electron chi connectivity index (χ0n) is 7.24. The normalized spacial score (nSPS) is 10.0. The van der Waals surface area contributed by atoms with Gasteiger partial charge in [0.2, 0.25) is 5.75 Å². The van der Waals surface area contributed by atoms with Gasteiger partial charge in [0.05, 0.1) is 4.92 Å². The van der Waals surface area contributed by atoms with E-state index in [0.717, 1.165) is 6.07 Å². The van der Waals surface area contributed by atoms with Crippen molar-refractivity contribution in [2.75, 3.05) is 0 Å². The van der Waals surface area contributed by atoms with Crippen LogP contribution in [0.1, 0.15) is 11.1 Å². The molecule has 0 aliphatic rings. The average molecular weight is 183 g/mol. The monoisotopic (exact) mass is 183 g/mol. The minimum absolute atomic E-state index is 0.108. The predicted molar refractivity (Wildman–Crippen MR) is 45.9 cm³/mol. The molecule has 0 aliphatic heterocycles. The molecule has 0 saturated carbocycles. The molecule has 1 rings (SSSR count). The van der Waals surface area contributed by atoms with Gasteiger partial charge in [-0.1, -0.05) is 0 Å². The maximum Gasteiger partial charge on any atom is 0.311 e. The summed E-state index contributed by atoms with van der Waals surface area (Å²) < 4.78 is 0. The van der Waals surface area contributed by atoms with Crippen molar-refractivity contribution in [3.05, 3.63) is 27.3 Å². The molecule has 0 unspecified atom stereocenters. The zero-order chi connectivity index (χ0) is 10.2. The van der Waals surface area contributed by atoms with E-state index in [1.54, 1.807) is 0 Å². The van der Waals surface area contributed by atoms with Crippen LogP contribution in [0.25, 0.3) is 0 Å². The van der Waals surface area contributed by atoms with E-state index < -0.39 is 10.7 Å². The van der Waals surface area contributed by atoms with Crippen LogP contribution in [0.3, 0.4) is 0 Å². The first-order valence-corrected chi connectivity index (χ1v) is 3.61.